The maximum Gasteiger partial charge on any atom is 0.162 e. The van der Waals surface area contributed by atoms with Gasteiger partial charge in [-0.05, 0) is 25.0 Å². The SMILES string of the molecule is C=CC(CCC=Nc1ncnc2cc(OC)c(OC)cc12)=NS(O)(O)C=C. The summed E-state index contributed by atoms with van der Waals surface area (Å²) < 4.78 is 33.6. The molecule has 0 aliphatic heterocycles. The van der Waals surface area contributed by atoms with Crippen LogP contribution < -0.4 is 9.47 Å². The number of hydrogen-bond donors (Lipinski definition) is 2. The number of allylic oxidation sites excluding steroid dienone is 1. The van der Waals surface area contributed by atoms with E-state index in [2.05, 4.69) is 32.5 Å². The van der Waals surface area contributed by atoms with Gasteiger partial charge in [0.15, 0.2) is 17.3 Å². The molecule has 144 valence electrons. The molecule has 0 bridgehead atoms. The highest BCUT2D eigenvalue weighted by Crippen LogP contribution is 2.41. The highest BCUT2D eigenvalue weighted by atomic mass is 32.3. The fraction of sp³-hybridized carbons (Fsp3) is 0.222. The summed E-state index contributed by atoms with van der Waals surface area (Å²) in [6.45, 7) is 6.98. The standard InChI is InChI=1S/C18H22N4O4S/c1-5-13(22-27(23,24)6-2)8-7-9-19-18-14-10-16(25-3)17(26-4)11-15(14)20-12-21-18/h5-6,9-12,23-24H,1-2,7-8H2,3-4H3. The predicted molar refractivity (Wildman–Crippen MR) is 111 cm³/mol. The van der Waals surface area contributed by atoms with Crippen molar-refractivity contribution in [2.24, 2.45) is 9.39 Å². The number of nitrogens with zero attached hydrogens (tertiary/aromatic N) is 4. The summed E-state index contributed by atoms with van der Waals surface area (Å²) in [5, 5.41) is 1.74. The normalized spacial score (nSPS) is 13.0. The molecule has 0 aliphatic carbocycles. The number of methoxy groups -OCH3 is 2. The molecule has 2 N–H and O–H groups in total. The summed E-state index contributed by atoms with van der Waals surface area (Å²) in [7, 11) is -0.0581. The summed E-state index contributed by atoms with van der Waals surface area (Å²) in [6.07, 6.45) is 5.53. The van der Waals surface area contributed by atoms with E-state index in [0.717, 1.165) is 10.8 Å². The molecule has 0 aliphatic rings. The smallest absolute Gasteiger partial charge is 0.162 e. The Hall–Kier alpha value is -2.75. The molecule has 0 saturated heterocycles. The van der Waals surface area contributed by atoms with E-state index in [0.29, 0.717) is 41.4 Å². The number of benzene rings is 1. The van der Waals surface area contributed by atoms with Crippen molar-refractivity contribution < 1.29 is 18.6 Å². The molecule has 0 unspecified atom stereocenters. The van der Waals surface area contributed by atoms with Gasteiger partial charge < -0.3 is 9.47 Å². The molecule has 0 amide bonds. The fourth-order valence-electron chi connectivity index (χ4n) is 2.23. The Balaban J connectivity index is 2.21. The van der Waals surface area contributed by atoms with E-state index in [1.165, 1.54) is 12.4 Å². The van der Waals surface area contributed by atoms with Gasteiger partial charge >= 0.3 is 0 Å². The summed E-state index contributed by atoms with van der Waals surface area (Å²) in [5.41, 5.74) is 1.14. The van der Waals surface area contributed by atoms with Gasteiger partial charge in [0, 0.05) is 23.1 Å². The van der Waals surface area contributed by atoms with Crippen LogP contribution in [0.3, 0.4) is 0 Å². The van der Waals surface area contributed by atoms with Crippen molar-refractivity contribution in [3.63, 3.8) is 0 Å². The van der Waals surface area contributed by atoms with E-state index in [4.69, 9.17) is 9.47 Å². The Kier molecular flexibility index (Phi) is 7.05. The predicted octanol–water partition coefficient (Wildman–Crippen LogP) is 4.57. The lowest BCUT2D eigenvalue weighted by Gasteiger charge is -2.22. The zero-order valence-electron chi connectivity index (χ0n) is 15.2. The van der Waals surface area contributed by atoms with Gasteiger partial charge in [-0.2, -0.15) is 4.40 Å². The highest BCUT2D eigenvalue weighted by molar-refractivity contribution is 8.25. The Morgan fingerprint density at radius 2 is 1.89 bits per heavy atom. The number of fused-ring (bicyclic) bond motifs is 1. The third kappa shape index (κ3) is 5.36. The van der Waals surface area contributed by atoms with E-state index < -0.39 is 10.8 Å². The molecule has 0 saturated carbocycles. The molecule has 0 radical (unpaired) electrons. The minimum Gasteiger partial charge on any atom is -0.493 e. The first-order valence-electron chi connectivity index (χ1n) is 7.95. The van der Waals surface area contributed by atoms with Crippen molar-refractivity contribution in [2.75, 3.05) is 14.2 Å². The van der Waals surface area contributed by atoms with Gasteiger partial charge in [-0.1, -0.05) is 23.9 Å². The summed E-state index contributed by atoms with van der Waals surface area (Å²) in [4.78, 5) is 12.8. The number of ether oxygens (including phenoxy) is 2. The molecule has 1 aromatic carbocycles. The molecule has 1 aromatic heterocycles. The van der Waals surface area contributed by atoms with Gasteiger partial charge in [-0.25, -0.2) is 15.0 Å². The van der Waals surface area contributed by atoms with Crippen molar-refractivity contribution >= 4 is 39.4 Å². The van der Waals surface area contributed by atoms with Crippen LogP contribution in [0.1, 0.15) is 12.8 Å². The average molecular weight is 390 g/mol. The number of aliphatic imine (C=N–C) groups is 1. The highest BCUT2D eigenvalue weighted by Gasteiger charge is 2.10. The van der Waals surface area contributed by atoms with Gasteiger partial charge in [-0.15, -0.1) is 0 Å². The molecular weight excluding hydrogens is 368 g/mol. The van der Waals surface area contributed by atoms with Crippen molar-refractivity contribution in [3.8, 4) is 11.5 Å². The van der Waals surface area contributed by atoms with Gasteiger partial charge in [0.05, 0.1) is 25.4 Å². The minimum absolute atomic E-state index is 0.441. The Bertz CT molecular complexity index is 896. The van der Waals surface area contributed by atoms with E-state index in [1.807, 2.05) is 0 Å². The zero-order chi connectivity index (χ0) is 19.9. The Morgan fingerprint density at radius 1 is 1.19 bits per heavy atom. The lowest BCUT2D eigenvalue weighted by Crippen LogP contribution is -1.98. The first-order valence-corrected chi connectivity index (χ1v) is 9.52. The lowest BCUT2D eigenvalue weighted by molar-refractivity contribution is 0.356. The van der Waals surface area contributed by atoms with Gasteiger partial charge in [0.1, 0.15) is 6.33 Å². The van der Waals surface area contributed by atoms with Crippen LogP contribution in [0.4, 0.5) is 5.82 Å². The molecule has 2 rings (SSSR count). The fourth-order valence-corrected chi connectivity index (χ4v) is 2.82. The molecule has 0 spiro atoms. The molecule has 0 atom stereocenters. The van der Waals surface area contributed by atoms with Gasteiger partial charge in [0.25, 0.3) is 0 Å². The van der Waals surface area contributed by atoms with Gasteiger partial charge in [0.2, 0.25) is 0 Å². The molecule has 1 heterocycles. The van der Waals surface area contributed by atoms with Crippen molar-refractivity contribution in [2.45, 2.75) is 12.8 Å². The summed E-state index contributed by atoms with van der Waals surface area (Å²) in [5.74, 6) is 1.63. The van der Waals surface area contributed by atoms with Crippen molar-refractivity contribution in [1.82, 2.24) is 9.97 Å². The summed E-state index contributed by atoms with van der Waals surface area (Å²) >= 11 is 0. The first kappa shape index (κ1) is 20.6. The van der Waals surface area contributed by atoms with Crippen LogP contribution in [0.5, 0.6) is 11.5 Å². The first-order chi connectivity index (χ1) is 12.9. The van der Waals surface area contributed by atoms with E-state index in [1.54, 1.807) is 32.6 Å². The third-order valence-corrected chi connectivity index (χ3v) is 4.52. The van der Waals surface area contributed by atoms with Crippen molar-refractivity contribution in [3.05, 3.63) is 43.1 Å². The zero-order valence-corrected chi connectivity index (χ0v) is 16.0. The second-order valence-electron chi connectivity index (χ2n) is 5.29. The largest absolute Gasteiger partial charge is 0.493 e. The molecule has 8 nitrogen and oxygen atoms in total. The van der Waals surface area contributed by atoms with E-state index in [9.17, 15) is 9.11 Å². The monoisotopic (exact) mass is 390 g/mol. The van der Waals surface area contributed by atoms with Crippen LogP contribution in [0.25, 0.3) is 10.9 Å². The third-order valence-electron chi connectivity index (χ3n) is 3.57. The molecule has 9 heteroatoms. The topological polar surface area (TPSA) is 109 Å². The summed E-state index contributed by atoms with van der Waals surface area (Å²) in [6, 6.07) is 3.54. The van der Waals surface area contributed by atoms with E-state index in [-0.39, 0.29) is 0 Å². The molecule has 2 aromatic rings. The minimum atomic E-state index is -3.17. The Morgan fingerprint density at radius 3 is 2.52 bits per heavy atom. The second kappa shape index (κ2) is 9.26. The van der Waals surface area contributed by atoms with Crippen LogP contribution >= 0.6 is 10.8 Å². The Labute approximate surface area is 159 Å². The van der Waals surface area contributed by atoms with Crippen LogP contribution in [0.2, 0.25) is 0 Å². The number of hydrogen-bond acceptors (Lipinski definition) is 8. The van der Waals surface area contributed by atoms with Crippen LogP contribution in [-0.4, -0.2) is 45.2 Å². The quantitative estimate of drug-likeness (QED) is 0.607. The maximum absolute atomic E-state index is 9.58. The van der Waals surface area contributed by atoms with E-state index >= 15 is 0 Å². The lowest BCUT2D eigenvalue weighted by atomic mass is 10.2. The molecule has 0 fully saturated rings. The van der Waals surface area contributed by atoms with Crippen LogP contribution in [0.15, 0.2) is 52.5 Å². The molecular formula is C18H22N4O4S. The number of aromatic nitrogens is 2. The second-order valence-corrected chi connectivity index (χ2v) is 6.92. The van der Waals surface area contributed by atoms with Crippen molar-refractivity contribution in [1.29, 1.82) is 0 Å². The van der Waals surface area contributed by atoms with Crippen LogP contribution in [0, 0.1) is 0 Å². The maximum atomic E-state index is 9.58. The average Bonchev–Trinajstić information content (AvgIpc) is 2.68. The molecule has 27 heavy (non-hydrogen) atoms. The van der Waals surface area contributed by atoms with Crippen LogP contribution in [-0.2, 0) is 0 Å². The number of rotatable bonds is 9. The van der Waals surface area contributed by atoms with Gasteiger partial charge in [-0.3, -0.25) is 9.11 Å².